The fourth-order valence-corrected chi connectivity index (χ4v) is 1.29. The van der Waals surface area contributed by atoms with Crippen molar-refractivity contribution in [3.63, 3.8) is 0 Å². The molecule has 1 unspecified atom stereocenters. The zero-order valence-electron chi connectivity index (χ0n) is 13.5. The Kier molecular flexibility index (Phi) is 9.73. The number of nitrogens with one attached hydrogen (secondary N) is 2. The number of ether oxygens (including phenoxy) is 2. The van der Waals surface area contributed by atoms with Gasteiger partial charge in [0.25, 0.3) is 0 Å². The van der Waals surface area contributed by atoms with Crippen molar-refractivity contribution < 1.29 is 19.1 Å². The van der Waals surface area contributed by atoms with Crippen LogP contribution in [0.2, 0.25) is 0 Å². The quantitative estimate of drug-likeness (QED) is 0.514. The van der Waals surface area contributed by atoms with Gasteiger partial charge in [0.1, 0.15) is 6.10 Å². The molecule has 4 N–H and O–H groups in total. The molecule has 21 heavy (non-hydrogen) atoms. The van der Waals surface area contributed by atoms with Gasteiger partial charge in [-0.3, -0.25) is 4.79 Å². The smallest absolute Gasteiger partial charge is 0.407 e. The highest BCUT2D eigenvalue weighted by Gasteiger charge is 2.27. The van der Waals surface area contributed by atoms with E-state index in [0.717, 1.165) is 6.42 Å². The van der Waals surface area contributed by atoms with E-state index in [4.69, 9.17) is 15.2 Å². The summed E-state index contributed by atoms with van der Waals surface area (Å²) >= 11 is 0. The maximum absolute atomic E-state index is 11.6. The Morgan fingerprint density at radius 3 is 2.52 bits per heavy atom. The van der Waals surface area contributed by atoms with Gasteiger partial charge in [0.2, 0.25) is 5.91 Å². The van der Waals surface area contributed by atoms with E-state index in [1.807, 2.05) is 20.8 Å². The van der Waals surface area contributed by atoms with Gasteiger partial charge >= 0.3 is 6.09 Å². The van der Waals surface area contributed by atoms with Crippen LogP contribution < -0.4 is 16.4 Å². The first kappa shape index (κ1) is 19.7. The predicted molar refractivity (Wildman–Crippen MR) is 80.9 cm³/mol. The number of nitrogens with two attached hydrogens (primary N) is 1. The fraction of sp³-hybridized carbons (Fsp3) is 0.857. The van der Waals surface area contributed by atoms with E-state index < -0.39 is 6.09 Å². The Balaban J connectivity index is 3.80. The number of hydrogen-bond acceptors (Lipinski definition) is 5. The molecular weight excluding hydrogens is 274 g/mol. The molecule has 0 heterocycles. The Morgan fingerprint density at radius 2 is 1.95 bits per heavy atom. The van der Waals surface area contributed by atoms with Crippen LogP contribution in [0.3, 0.4) is 0 Å². The number of alkyl carbamates (subject to hydrolysis) is 1. The second-order valence-electron chi connectivity index (χ2n) is 5.49. The first-order valence-corrected chi connectivity index (χ1v) is 7.32. The molecule has 124 valence electrons. The average Bonchev–Trinajstić information content (AvgIpc) is 2.44. The van der Waals surface area contributed by atoms with Crippen LogP contribution in [-0.2, 0) is 14.3 Å². The van der Waals surface area contributed by atoms with Crippen LogP contribution >= 0.6 is 0 Å². The lowest BCUT2D eigenvalue weighted by molar-refractivity contribution is -0.120. The second kappa shape index (κ2) is 10.4. The van der Waals surface area contributed by atoms with Gasteiger partial charge in [-0.1, -0.05) is 13.8 Å². The number of rotatable bonds is 10. The van der Waals surface area contributed by atoms with E-state index in [1.165, 1.54) is 0 Å². The van der Waals surface area contributed by atoms with Gasteiger partial charge in [0, 0.05) is 31.7 Å². The highest BCUT2D eigenvalue weighted by molar-refractivity contribution is 5.82. The minimum Gasteiger partial charge on any atom is -0.446 e. The summed E-state index contributed by atoms with van der Waals surface area (Å²) < 4.78 is 10.3. The summed E-state index contributed by atoms with van der Waals surface area (Å²) in [4.78, 5) is 23.0. The van der Waals surface area contributed by atoms with Gasteiger partial charge in [-0.15, -0.1) is 0 Å². The average molecular weight is 303 g/mol. The van der Waals surface area contributed by atoms with Crippen LogP contribution in [0.25, 0.3) is 0 Å². The third-order valence-electron chi connectivity index (χ3n) is 3.30. The zero-order chi connectivity index (χ0) is 16.3. The molecule has 0 radical (unpaired) electrons. The van der Waals surface area contributed by atoms with Crippen molar-refractivity contribution in [1.29, 1.82) is 0 Å². The molecule has 7 heteroatoms. The highest BCUT2D eigenvalue weighted by Crippen LogP contribution is 2.21. The van der Waals surface area contributed by atoms with Crippen molar-refractivity contribution >= 4 is 12.0 Å². The molecule has 0 aromatic carbocycles. The molecule has 0 rings (SSSR count). The van der Waals surface area contributed by atoms with Crippen LogP contribution in [0.4, 0.5) is 4.79 Å². The van der Waals surface area contributed by atoms with E-state index in [1.54, 1.807) is 6.92 Å². The second-order valence-corrected chi connectivity index (χ2v) is 5.49. The fourth-order valence-electron chi connectivity index (χ4n) is 1.29. The summed E-state index contributed by atoms with van der Waals surface area (Å²) in [6, 6.07) is 0. The van der Waals surface area contributed by atoms with Crippen LogP contribution in [-0.4, -0.2) is 51.0 Å². The zero-order valence-corrected chi connectivity index (χ0v) is 13.5. The van der Waals surface area contributed by atoms with E-state index in [2.05, 4.69) is 10.6 Å². The Morgan fingerprint density at radius 1 is 1.29 bits per heavy atom. The maximum Gasteiger partial charge on any atom is 0.407 e. The minimum absolute atomic E-state index is 0.108. The van der Waals surface area contributed by atoms with Crippen molar-refractivity contribution in [2.24, 2.45) is 11.1 Å². The molecular formula is C14H29N3O4. The van der Waals surface area contributed by atoms with Gasteiger partial charge in [0.15, 0.2) is 0 Å². The first-order chi connectivity index (χ1) is 9.83. The molecule has 0 aliphatic heterocycles. The summed E-state index contributed by atoms with van der Waals surface area (Å²) in [6.07, 6.45) is -0.212. The first-order valence-electron chi connectivity index (χ1n) is 7.32. The molecule has 7 nitrogen and oxygen atoms in total. The largest absolute Gasteiger partial charge is 0.446 e. The van der Waals surface area contributed by atoms with Crippen LogP contribution in [0.15, 0.2) is 0 Å². The van der Waals surface area contributed by atoms with Crippen LogP contribution in [0.1, 0.15) is 34.1 Å². The van der Waals surface area contributed by atoms with Gasteiger partial charge in [-0.05, 0) is 20.3 Å². The summed E-state index contributed by atoms with van der Waals surface area (Å²) in [7, 11) is 0. The van der Waals surface area contributed by atoms with E-state index in [-0.39, 0.29) is 24.0 Å². The molecule has 0 saturated carbocycles. The molecule has 0 bridgehead atoms. The molecule has 0 aromatic heterocycles. The lowest BCUT2D eigenvalue weighted by Gasteiger charge is -2.29. The van der Waals surface area contributed by atoms with E-state index >= 15 is 0 Å². The molecule has 1 atom stereocenters. The lowest BCUT2D eigenvalue weighted by atomic mass is 9.88. The predicted octanol–water partition coefficient (Wildman–Crippen LogP) is 0.629. The molecule has 0 aliphatic rings. The Hall–Kier alpha value is -1.34. The number of carbonyl (C=O) groups excluding carboxylic acids is 2. The third kappa shape index (κ3) is 9.25. The topological polar surface area (TPSA) is 103 Å². The highest BCUT2D eigenvalue weighted by atomic mass is 16.6. The van der Waals surface area contributed by atoms with Crippen molar-refractivity contribution in [2.45, 2.75) is 40.2 Å². The summed E-state index contributed by atoms with van der Waals surface area (Å²) in [5, 5.41) is 5.10. The normalized spacial score (nSPS) is 12.6. The van der Waals surface area contributed by atoms with Crippen LogP contribution in [0, 0.1) is 5.41 Å². The van der Waals surface area contributed by atoms with E-state index in [9.17, 15) is 9.59 Å². The summed E-state index contributed by atoms with van der Waals surface area (Å²) in [5.74, 6) is -0.255. The monoisotopic (exact) mass is 303 g/mol. The number of amides is 2. The number of hydrogen-bond donors (Lipinski definition) is 3. The van der Waals surface area contributed by atoms with Gasteiger partial charge < -0.3 is 25.8 Å². The SMILES string of the molecule is CCOCCCNC(=O)CNC(=O)OC(C)C(C)(C)CN. The molecule has 0 aliphatic carbocycles. The summed E-state index contributed by atoms with van der Waals surface area (Å²) in [6.45, 7) is 9.61. The Bertz CT molecular complexity index is 321. The van der Waals surface area contributed by atoms with Crippen molar-refractivity contribution in [3.8, 4) is 0 Å². The molecule has 0 fully saturated rings. The van der Waals surface area contributed by atoms with Gasteiger partial charge in [-0.2, -0.15) is 0 Å². The summed E-state index contributed by atoms with van der Waals surface area (Å²) in [5.41, 5.74) is 5.30. The lowest BCUT2D eigenvalue weighted by Crippen LogP contribution is -2.42. The maximum atomic E-state index is 11.6. The van der Waals surface area contributed by atoms with Gasteiger partial charge in [0.05, 0.1) is 6.54 Å². The molecule has 0 saturated heterocycles. The van der Waals surface area contributed by atoms with Crippen molar-refractivity contribution in [3.05, 3.63) is 0 Å². The van der Waals surface area contributed by atoms with Crippen molar-refractivity contribution in [1.82, 2.24) is 10.6 Å². The number of carbonyl (C=O) groups is 2. The molecule has 0 spiro atoms. The van der Waals surface area contributed by atoms with Crippen LogP contribution in [0.5, 0.6) is 0 Å². The third-order valence-corrected chi connectivity index (χ3v) is 3.30. The van der Waals surface area contributed by atoms with E-state index in [0.29, 0.717) is 26.3 Å². The van der Waals surface area contributed by atoms with Gasteiger partial charge in [-0.25, -0.2) is 4.79 Å². The molecule has 0 aromatic rings. The Labute approximate surface area is 126 Å². The minimum atomic E-state index is -0.617. The standard InChI is InChI=1S/C14H29N3O4/c1-5-20-8-6-7-16-12(18)9-17-13(19)21-11(2)14(3,4)10-15/h11H,5-10,15H2,1-4H3,(H,16,18)(H,17,19). The van der Waals surface area contributed by atoms with Crippen molar-refractivity contribution in [2.75, 3.05) is 32.8 Å². The molecule has 2 amide bonds.